The highest BCUT2D eigenvalue weighted by atomic mass is 32.2. The zero-order valence-electron chi connectivity index (χ0n) is 16.4. The maximum atomic E-state index is 12.6. The van der Waals surface area contributed by atoms with Crippen molar-refractivity contribution in [2.75, 3.05) is 19.9 Å². The van der Waals surface area contributed by atoms with E-state index in [1.807, 2.05) is 37.1 Å². The number of rotatable bonds is 6. The van der Waals surface area contributed by atoms with Crippen molar-refractivity contribution in [1.82, 2.24) is 25.1 Å². The van der Waals surface area contributed by atoms with E-state index in [-0.39, 0.29) is 5.91 Å². The van der Waals surface area contributed by atoms with Crippen LogP contribution in [0.5, 0.6) is 5.75 Å². The van der Waals surface area contributed by atoms with Gasteiger partial charge in [0.2, 0.25) is 11.1 Å². The highest BCUT2D eigenvalue weighted by molar-refractivity contribution is 7.99. The number of carbonyl (C=O) groups excluding carboxylic acids is 1. The third-order valence-corrected chi connectivity index (χ3v) is 6.16. The molecule has 27 heavy (non-hydrogen) atoms. The Labute approximate surface area is 164 Å². The van der Waals surface area contributed by atoms with Crippen molar-refractivity contribution in [3.8, 4) is 11.4 Å². The lowest BCUT2D eigenvalue weighted by Gasteiger charge is -2.33. The lowest BCUT2D eigenvalue weighted by Crippen LogP contribution is -2.40. The van der Waals surface area contributed by atoms with E-state index in [0.717, 1.165) is 30.0 Å². The number of amides is 1. The van der Waals surface area contributed by atoms with Crippen molar-refractivity contribution < 1.29 is 9.53 Å². The quantitative estimate of drug-likeness (QED) is 0.707. The Morgan fingerprint density at radius 3 is 2.78 bits per heavy atom. The molecule has 1 aromatic heterocycles. The molecular formula is C19H27N5O2S. The molecule has 1 aliphatic rings. The molecule has 0 atom stereocenters. The van der Waals surface area contributed by atoms with Crippen LogP contribution >= 0.6 is 11.8 Å². The monoisotopic (exact) mass is 389 g/mol. The molecule has 1 aliphatic carbocycles. The van der Waals surface area contributed by atoms with Crippen LogP contribution < -0.4 is 4.74 Å². The molecule has 0 N–H and O–H groups in total. The van der Waals surface area contributed by atoms with Gasteiger partial charge in [-0.1, -0.05) is 24.8 Å². The fourth-order valence-corrected chi connectivity index (χ4v) is 4.25. The number of nitrogens with zero attached hydrogens (tertiary/aromatic N) is 5. The maximum Gasteiger partial charge on any atom is 0.233 e. The Balaban J connectivity index is 1.67. The zero-order chi connectivity index (χ0) is 19.4. The average molecular weight is 390 g/mol. The van der Waals surface area contributed by atoms with Gasteiger partial charge in [0.1, 0.15) is 11.4 Å². The van der Waals surface area contributed by atoms with Gasteiger partial charge in [0.15, 0.2) is 0 Å². The van der Waals surface area contributed by atoms with Gasteiger partial charge in [0.05, 0.1) is 12.9 Å². The standard InChI is InChI=1S/C19H27N5O2S/c1-13-5-8-15(9-6-13)23(3)18(25)12-27-19-20-21-22-24(19)16-11-14(2)7-10-17(16)26-4/h7,10-11,13,15H,5-6,8-9,12H2,1-4H3. The third kappa shape index (κ3) is 4.61. The lowest BCUT2D eigenvalue weighted by molar-refractivity contribution is -0.129. The van der Waals surface area contributed by atoms with Crippen molar-refractivity contribution in [2.24, 2.45) is 5.92 Å². The summed E-state index contributed by atoms with van der Waals surface area (Å²) in [4.78, 5) is 14.5. The molecule has 0 aliphatic heterocycles. The second-order valence-electron chi connectivity index (χ2n) is 7.26. The summed E-state index contributed by atoms with van der Waals surface area (Å²) >= 11 is 1.35. The van der Waals surface area contributed by atoms with Crippen LogP contribution in [0.4, 0.5) is 0 Å². The Kier molecular flexibility index (Phi) is 6.36. The van der Waals surface area contributed by atoms with E-state index in [1.54, 1.807) is 11.8 Å². The molecule has 0 bridgehead atoms. The molecule has 0 saturated heterocycles. The van der Waals surface area contributed by atoms with Crippen LogP contribution in [0.2, 0.25) is 0 Å². The molecule has 3 rings (SSSR count). The highest BCUT2D eigenvalue weighted by Gasteiger charge is 2.25. The minimum Gasteiger partial charge on any atom is -0.494 e. The smallest absolute Gasteiger partial charge is 0.233 e. The van der Waals surface area contributed by atoms with Gasteiger partial charge in [-0.2, -0.15) is 4.68 Å². The summed E-state index contributed by atoms with van der Waals surface area (Å²) < 4.78 is 7.06. The first-order valence-electron chi connectivity index (χ1n) is 9.31. The predicted octanol–water partition coefficient (Wildman–Crippen LogP) is 3.11. The molecule has 7 nitrogen and oxygen atoms in total. The Morgan fingerprint density at radius 2 is 2.07 bits per heavy atom. The number of tetrazole rings is 1. The first kappa shape index (κ1) is 19.7. The number of hydrogen-bond donors (Lipinski definition) is 0. The molecule has 1 fully saturated rings. The van der Waals surface area contributed by atoms with E-state index < -0.39 is 0 Å². The van der Waals surface area contributed by atoms with Crippen LogP contribution in [0.25, 0.3) is 5.69 Å². The zero-order valence-corrected chi connectivity index (χ0v) is 17.2. The van der Waals surface area contributed by atoms with Gasteiger partial charge in [-0.3, -0.25) is 4.79 Å². The normalized spacial score (nSPS) is 19.7. The van der Waals surface area contributed by atoms with Crippen LogP contribution in [0.1, 0.15) is 38.2 Å². The molecule has 1 heterocycles. The van der Waals surface area contributed by atoms with Crippen molar-refractivity contribution in [2.45, 2.75) is 50.7 Å². The van der Waals surface area contributed by atoms with Gasteiger partial charge in [-0.25, -0.2) is 0 Å². The van der Waals surface area contributed by atoms with E-state index in [0.29, 0.717) is 22.7 Å². The fraction of sp³-hybridized carbons (Fsp3) is 0.579. The van der Waals surface area contributed by atoms with Gasteiger partial charge in [0, 0.05) is 13.1 Å². The minimum absolute atomic E-state index is 0.116. The van der Waals surface area contributed by atoms with Crippen LogP contribution in [0.15, 0.2) is 23.4 Å². The summed E-state index contributed by atoms with van der Waals surface area (Å²) in [6, 6.07) is 6.19. The molecule has 0 unspecified atom stereocenters. The summed E-state index contributed by atoms with van der Waals surface area (Å²) in [5.41, 5.74) is 1.85. The SMILES string of the molecule is COc1ccc(C)cc1-n1nnnc1SCC(=O)N(C)C1CCC(C)CC1. The molecule has 2 aromatic rings. The maximum absolute atomic E-state index is 12.6. The molecule has 0 radical (unpaired) electrons. The van der Waals surface area contributed by atoms with Crippen LogP contribution in [0, 0.1) is 12.8 Å². The van der Waals surface area contributed by atoms with Crippen LogP contribution in [-0.4, -0.2) is 57.0 Å². The molecule has 0 spiro atoms. The molecule has 8 heteroatoms. The predicted molar refractivity (Wildman–Crippen MR) is 105 cm³/mol. The first-order valence-corrected chi connectivity index (χ1v) is 10.3. The fourth-order valence-electron chi connectivity index (χ4n) is 3.45. The third-order valence-electron chi connectivity index (χ3n) is 5.25. The Hall–Kier alpha value is -2.09. The van der Waals surface area contributed by atoms with E-state index in [4.69, 9.17) is 4.74 Å². The average Bonchev–Trinajstić information content (AvgIpc) is 3.14. The summed E-state index contributed by atoms with van der Waals surface area (Å²) in [6.07, 6.45) is 4.57. The van der Waals surface area contributed by atoms with Gasteiger partial charge < -0.3 is 9.64 Å². The van der Waals surface area contributed by atoms with Gasteiger partial charge in [-0.05, 0) is 66.6 Å². The second-order valence-corrected chi connectivity index (χ2v) is 8.20. The summed E-state index contributed by atoms with van der Waals surface area (Å²) in [5.74, 6) is 1.89. The number of ether oxygens (including phenoxy) is 1. The van der Waals surface area contributed by atoms with Gasteiger partial charge in [0.25, 0.3) is 0 Å². The number of methoxy groups -OCH3 is 1. The van der Waals surface area contributed by atoms with Crippen LogP contribution in [-0.2, 0) is 4.79 Å². The summed E-state index contributed by atoms with van der Waals surface area (Å²) in [7, 11) is 3.53. The first-order chi connectivity index (χ1) is 13.0. The van der Waals surface area contributed by atoms with Crippen molar-refractivity contribution in [3.63, 3.8) is 0 Å². The van der Waals surface area contributed by atoms with Crippen molar-refractivity contribution in [3.05, 3.63) is 23.8 Å². The highest BCUT2D eigenvalue weighted by Crippen LogP contribution is 2.29. The minimum atomic E-state index is 0.116. The lowest BCUT2D eigenvalue weighted by atomic mass is 9.87. The molecular weight excluding hydrogens is 362 g/mol. The Bertz CT molecular complexity index is 786. The second kappa shape index (κ2) is 8.73. The summed E-state index contributed by atoms with van der Waals surface area (Å²) in [5, 5.41) is 12.5. The number of hydrogen-bond acceptors (Lipinski definition) is 6. The molecule has 1 saturated carbocycles. The summed E-state index contributed by atoms with van der Waals surface area (Å²) in [6.45, 7) is 4.29. The number of carbonyl (C=O) groups is 1. The number of benzene rings is 1. The van der Waals surface area contributed by atoms with E-state index in [9.17, 15) is 4.79 Å². The largest absolute Gasteiger partial charge is 0.494 e. The molecule has 1 amide bonds. The number of aryl methyl sites for hydroxylation is 1. The van der Waals surface area contributed by atoms with Crippen molar-refractivity contribution >= 4 is 17.7 Å². The Morgan fingerprint density at radius 1 is 1.33 bits per heavy atom. The topological polar surface area (TPSA) is 73.1 Å². The number of aromatic nitrogens is 4. The molecule has 1 aromatic carbocycles. The van der Waals surface area contributed by atoms with Crippen molar-refractivity contribution in [1.29, 1.82) is 0 Å². The van der Waals surface area contributed by atoms with Crippen LogP contribution in [0.3, 0.4) is 0 Å². The van der Waals surface area contributed by atoms with E-state index in [2.05, 4.69) is 22.4 Å². The number of thioether (sulfide) groups is 1. The van der Waals surface area contributed by atoms with Gasteiger partial charge >= 0.3 is 0 Å². The van der Waals surface area contributed by atoms with E-state index >= 15 is 0 Å². The van der Waals surface area contributed by atoms with E-state index in [1.165, 1.54) is 24.6 Å². The van der Waals surface area contributed by atoms with Gasteiger partial charge in [-0.15, -0.1) is 5.10 Å². The molecule has 146 valence electrons.